The number of aromatic nitrogens is 2. The van der Waals surface area contributed by atoms with Gasteiger partial charge in [0, 0.05) is 31.4 Å². The monoisotopic (exact) mass is 311 g/mol. The molecule has 5 nitrogen and oxygen atoms in total. The molecule has 0 atom stereocenters. The molecule has 0 aliphatic heterocycles. The average molecular weight is 311 g/mol. The maximum Gasteiger partial charge on any atom is 0.390 e. The minimum atomic E-state index is -4.46. The van der Waals surface area contributed by atoms with Gasteiger partial charge in [0.05, 0.1) is 12.2 Å². The highest BCUT2D eigenvalue weighted by molar-refractivity contribution is 7.89. The highest BCUT2D eigenvalue weighted by Gasteiger charge is 2.30. The molecule has 0 bridgehead atoms. The first kappa shape index (κ1) is 15.3. The Morgan fingerprint density at radius 2 is 2.10 bits per heavy atom. The zero-order chi connectivity index (χ0) is 14.8. The van der Waals surface area contributed by atoms with Crippen LogP contribution in [0.3, 0.4) is 0 Å². The Balaban J connectivity index is 1.78. The second-order valence-corrected chi connectivity index (χ2v) is 6.76. The summed E-state index contributed by atoms with van der Waals surface area (Å²) in [5.74, 6) is 0.418. The molecule has 1 aliphatic carbocycles. The normalized spacial score (nSPS) is 16.6. The van der Waals surface area contributed by atoms with E-state index in [1.165, 1.54) is 0 Å². The second-order valence-electron chi connectivity index (χ2n) is 4.83. The van der Waals surface area contributed by atoms with E-state index in [9.17, 15) is 21.6 Å². The van der Waals surface area contributed by atoms with Crippen molar-refractivity contribution in [1.82, 2.24) is 14.3 Å². The van der Waals surface area contributed by atoms with E-state index in [4.69, 9.17) is 0 Å². The van der Waals surface area contributed by atoms with E-state index in [0.717, 1.165) is 18.7 Å². The Kier molecular flexibility index (Phi) is 4.38. The van der Waals surface area contributed by atoms with Crippen molar-refractivity contribution < 1.29 is 21.6 Å². The van der Waals surface area contributed by atoms with Crippen LogP contribution in [-0.4, -0.2) is 36.4 Å². The Morgan fingerprint density at radius 1 is 1.40 bits per heavy atom. The number of sulfonamides is 1. The number of imidazole rings is 1. The van der Waals surface area contributed by atoms with Crippen LogP contribution < -0.4 is 4.72 Å². The van der Waals surface area contributed by atoms with E-state index >= 15 is 0 Å². The van der Waals surface area contributed by atoms with Crippen molar-refractivity contribution in [2.45, 2.75) is 37.9 Å². The van der Waals surface area contributed by atoms with Crippen molar-refractivity contribution in [3.63, 3.8) is 0 Å². The number of rotatable bonds is 7. The molecule has 1 aliphatic rings. The Morgan fingerprint density at radius 3 is 2.70 bits per heavy atom. The van der Waals surface area contributed by atoms with Gasteiger partial charge >= 0.3 is 6.18 Å². The molecular formula is C11H16F3N3O2S. The fourth-order valence-corrected chi connectivity index (χ4v) is 2.90. The lowest BCUT2D eigenvalue weighted by atomic mass is 10.4. The molecular weight excluding hydrogens is 295 g/mol. The van der Waals surface area contributed by atoms with Crippen LogP contribution in [0.1, 0.15) is 31.0 Å². The van der Waals surface area contributed by atoms with Gasteiger partial charge in [-0.25, -0.2) is 18.1 Å². The van der Waals surface area contributed by atoms with E-state index in [2.05, 4.69) is 9.71 Å². The smallest absolute Gasteiger partial charge is 0.333 e. The molecule has 0 aromatic carbocycles. The van der Waals surface area contributed by atoms with Crippen LogP contribution in [0, 0.1) is 0 Å². The van der Waals surface area contributed by atoms with E-state index in [-0.39, 0.29) is 6.54 Å². The third kappa shape index (κ3) is 4.78. The van der Waals surface area contributed by atoms with Crippen LogP contribution in [0.15, 0.2) is 12.4 Å². The summed E-state index contributed by atoms with van der Waals surface area (Å²) < 4.78 is 62.7. The van der Waals surface area contributed by atoms with E-state index in [0.29, 0.717) is 12.5 Å². The van der Waals surface area contributed by atoms with Gasteiger partial charge in [-0.05, 0) is 12.8 Å². The largest absolute Gasteiger partial charge is 0.390 e. The van der Waals surface area contributed by atoms with Crippen molar-refractivity contribution in [3.05, 3.63) is 18.2 Å². The van der Waals surface area contributed by atoms with Gasteiger partial charge in [0.25, 0.3) is 0 Å². The van der Waals surface area contributed by atoms with Crippen LogP contribution in [0.25, 0.3) is 0 Å². The van der Waals surface area contributed by atoms with Gasteiger partial charge in [0.1, 0.15) is 5.82 Å². The minimum absolute atomic E-state index is 0.0657. The van der Waals surface area contributed by atoms with Gasteiger partial charge in [-0.3, -0.25) is 0 Å². The number of hydrogen-bond acceptors (Lipinski definition) is 3. The van der Waals surface area contributed by atoms with Gasteiger partial charge < -0.3 is 4.57 Å². The fraction of sp³-hybridized carbons (Fsp3) is 0.727. The molecule has 2 rings (SSSR count). The second kappa shape index (κ2) is 5.72. The highest BCUT2D eigenvalue weighted by atomic mass is 32.2. The first-order valence-corrected chi connectivity index (χ1v) is 7.97. The van der Waals surface area contributed by atoms with Crippen LogP contribution in [0.4, 0.5) is 13.2 Å². The molecule has 0 saturated heterocycles. The highest BCUT2D eigenvalue weighted by Crippen LogP contribution is 2.38. The van der Waals surface area contributed by atoms with Crippen LogP contribution >= 0.6 is 0 Å². The van der Waals surface area contributed by atoms with Crippen molar-refractivity contribution in [3.8, 4) is 0 Å². The zero-order valence-corrected chi connectivity index (χ0v) is 11.5. The van der Waals surface area contributed by atoms with Crippen molar-refractivity contribution in [1.29, 1.82) is 0 Å². The average Bonchev–Trinajstić information content (AvgIpc) is 3.07. The summed E-state index contributed by atoms with van der Waals surface area (Å²) >= 11 is 0. The first-order valence-electron chi connectivity index (χ1n) is 6.32. The quantitative estimate of drug-likeness (QED) is 0.832. The molecule has 1 N–H and O–H groups in total. The maximum absolute atomic E-state index is 12.0. The molecule has 1 fully saturated rings. The summed E-state index contributed by atoms with van der Waals surface area (Å²) in [6, 6.07) is 0. The number of nitrogens with one attached hydrogen (secondary N) is 1. The molecule has 114 valence electrons. The van der Waals surface area contributed by atoms with Gasteiger partial charge in [0.15, 0.2) is 0 Å². The van der Waals surface area contributed by atoms with Crippen molar-refractivity contribution >= 4 is 10.0 Å². The van der Waals surface area contributed by atoms with E-state index < -0.39 is 28.4 Å². The van der Waals surface area contributed by atoms with Crippen LogP contribution in [0.2, 0.25) is 0 Å². The molecule has 1 aromatic heterocycles. The standard InChI is InChI=1S/C11H16F3N3O2S/c12-11(13,14)3-8-20(18,19)16-5-7-17-6-4-15-10(17)9-1-2-9/h4,6,9,16H,1-3,5,7-8H2. The molecule has 0 spiro atoms. The summed E-state index contributed by atoms with van der Waals surface area (Å²) in [6.45, 7) is 0.438. The topological polar surface area (TPSA) is 64.0 Å². The lowest BCUT2D eigenvalue weighted by Gasteiger charge is -2.10. The summed E-state index contributed by atoms with van der Waals surface area (Å²) in [4.78, 5) is 4.20. The molecule has 1 saturated carbocycles. The summed E-state index contributed by atoms with van der Waals surface area (Å²) in [7, 11) is -3.89. The SMILES string of the molecule is O=S(=O)(CCC(F)(F)F)NCCn1ccnc1C1CC1. The number of hydrogen-bond donors (Lipinski definition) is 1. The third-order valence-corrected chi connectivity index (χ3v) is 4.40. The van der Waals surface area contributed by atoms with Crippen LogP contribution in [-0.2, 0) is 16.6 Å². The Labute approximate surface area is 115 Å². The molecule has 0 amide bonds. The predicted octanol–water partition coefficient (Wildman–Crippen LogP) is 1.63. The molecule has 20 heavy (non-hydrogen) atoms. The number of nitrogens with zero attached hydrogens (tertiary/aromatic N) is 2. The number of halogens is 3. The maximum atomic E-state index is 12.0. The summed E-state index contributed by atoms with van der Waals surface area (Å²) in [5.41, 5.74) is 0. The predicted molar refractivity (Wildman–Crippen MR) is 66.7 cm³/mol. The summed E-state index contributed by atoms with van der Waals surface area (Å²) in [5, 5.41) is 0. The molecule has 9 heteroatoms. The lowest BCUT2D eigenvalue weighted by molar-refractivity contribution is -0.129. The van der Waals surface area contributed by atoms with Gasteiger partial charge in [-0.1, -0.05) is 0 Å². The Hall–Kier alpha value is -1.09. The van der Waals surface area contributed by atoms with Crippen LogP contribution in [0.5, 0.6) is 0 Å². The van der Waals surface area contributed by atoms with Gasteiger partial charge in [-0.15, -0.1) is 0 Å². The molecule has 1 aromatic rings. The summed E-state index contributed by atoms with van der Waals surface area (Å²) in [6.07, 6.45) is -0.245. The van der Waals surface area contributed by atoms with Gasteiger partial charge in [-0.2, -0.15) is 13.2 Å². The Bertz CT molecular complexity index is 550. The minimum Gasteiger partial charge on any atom is -0.333 e. The molecule has 0 unspecified atom stereocenters. The number of alkyl halides is 3. The first-order chi connectivity index (χ1) is 9.27. The van der Waals surface area contributed by atoms with Gasteiger partial charge in [0.2, 0.25) is 10.0 Å². The lowest BCUT2D eigenvalue weighted by Crippen LogP contribution is -2.31. The van der Waals surface area contributed by atoms with E-state index in [1.807, 2.05) is 4.57 Å². The fourth-order valence-electron chi connectivity index (χ4n) is 1.86. The van der Waals surface area contributed by atoms with E-state index in [1.54, 1.807) is 12.4 Å². The zero-order valence-electron chi connectivity index (χ0n) is 10.7. The molecule has 0 radical (unpaired) electrons. The third-order valence-electron chi connectivity index (χ3n) is 3.02. The van der Waals surface area contributed by atoms with Crippen molar-refractivity contribution in [2.24, 2.45) is 0 Å². The molecule has 1 heterocycles. The van der Waals surface area contributed by atoms with Crippen molar-refractivity contribution in [2.75, 3.05) is 12.3 Å².